The molecular formula is C47H56N6O6. The van der Waals surface area contributed by atoms with Gasteiger partial charge in [0.1, 0.15) is 5.75 Å². The Morgan fingerprint density at radius 3 is 2.41 bits per heavy atom. The van der Waals surface area contributed by atoms with Crippen LogP contribution < -0.4 is 26.4 Å². The molecule has 0 radical (unpaired) electrons. The van der Waals surface area contributed by atoms with Crippen LogP contribution in [0.15, 0.2) is 109 Å². The maximum absolute atomic E-state index is 14.6. The highest BCUT2D eigenvalue weighted by atomic mass is 16.5. The van der Waals surface area contributed by atoms with E-state index in [0.29, 0.717) is 65.9 Å². The molecule has 4 atom stereocenters. The van der Waals surface area contributed by atoms with Crippen molar-refractivity contribution in [2.24, 2.45) is 5.92 Å². The second-order valence-corrected chi connectivity index (χ2v) is 15.6. The van der Waals surface area contributed by atoms with E-state index in [1.54, 1.807) is 47.4 Å². The molecule has 0 aliphatic carbocycles. The number of hydrogen-bond donors (Lipinski definition) is 5. The molecule has 0 bridgehead atoms. The van der Waals surface area contributed by atoms with E-state index in [-0.39, 0.29) is 36.5 Å². The van der Waals surface area contributed by atoms with E-state index in [1.807, 2.05) is 87.6 Å². The number of urea groups is 1. The zero-order valence-corrected chi connectivity index (χ0v) is 34.3. The van der Waals surface area contributed by atoms with Crippen molar-refractivity contribution in [3.8, 4) is 5.75 Å². The first kappa shape index (κ1) is 42.7. The molecule has 0 unspecified atom stereocenters. The molecule has 1 aliphatic heterocycles. The Hall–Kier alpha value is -5.95. The lowest BCUT2D eigenvalue weighted by Gasteiger charge is -2.36. The van der Waals surface area contributed by atoms with Gasteiger partial charge in [0.05, 0.1) is 47.5 Å². The van der Waals surface area contributed by atoms with Gasteiger partial charge in [0.25, 0.3) is 11.8 Å². The van der Waals surface area contributed by atoms with Crippen LogP contribution in [0.5, 0.6) is 5.75 Å². The summed E-state index contributed by atoms with van der Waals surface area (Å²) in [7, 11) is 2.03. The van der Waals surface area contributed by atoms with Crippen LogP contribution in [0.25, 0.3) is 10.8 Å². The highest BCUT2D eigenvalue weighted by Crippen LogP contribution is 2.30. The first-order valence-corrected chi connectivity index (χ1v) is 20.3. The third kappa shape index (κ3) is 11.4. The van der Waals surface area contributed by atoms with Gasteiger partial charge in [-0.2, -0.15) is 0 Å². The predicted octanol–water partition coefficient (Wildman–Crippen LogP) is 8.25. The number of likely N-dealkylation sites (N-methyl/N-ethyl adjacent to an activating group) is 1. The van der Waals surface area contributed by atoms with Crippen LogP contribution in [0.3, 0.4) is 0 Å². The van der Waals surface area contributed by atoms with Crippen LogP contribution >= 0.6 is 0 Å². The minimum atomic E-state index is -0.512. The largest absolute Gasteiger partial charge is 0.490 e. The summed E-state index contributed by atoms with van der Waals surface area (Å²) in [5.41, 5.74) is 10.0. The van der Waals surface area contributed by atoms with Gasteiger partial charge in [0.2, 0.25) is 0 Å². The van der Waals surface area contributed by atoms with E-state index in [1.165, 1.54) is 0 Å². The lowest BCUT2D eigenvalue weighted by molar-refractivity contribution is -0.0177. The van der Waals surface area contributed by atoms with Crippen molar-refractivity contribution in [1.82, 2.24) is 9.80 Å². The quantitative estimate of drug-likeness (QED) is 0.0884. The summed E-state index contributed by atoms with van der Waals surface area (Å²) >= 11 is 0. The van der Waals surface area contributed by atoms with E-state index in [4.69, 9.17) is 15.2 Å². The Labute approximate surface area is 346 Å². The number of rotatable bonds is 10. The number of aliphatic hydroxyl groups is 1. The molecule has 0 saturated heterocycles. The number of fused-ring (bicyclic) bond motifs is 2. The topological polar surface area (TPSA) is 158 Å². The van der Waals surface area contributed by atoms with Crippen molar-refractivity contribution in [2.45, 2.75) is 64.8 Å². The molecule has 0 fully saturated rings. The van der Waals surface area contributed by atoms with E-state index in [0.717, 1.165) is 35.6 Å². The summed E-state index contributed by atoms with van der Waals surface area (Å²) in [6, 6.07) is 32.3. The fourth-order valence-electron chi connectivity index (χ4n) is 7.33. The predicted molar refractivity (Wildman–Crippen MR) is 235 cm³/mol. The molecule has 12 heteroatoms. The van der Waals surface area contributed by atoms with Gasteiger partial charge in [-0.3, -0.25) is 14.5 Å². The molecule has 1 aliphatic rings. The Morgan fingerprint density at radius 1 is 0.898 bits per heavy atom. The van der Waals surface area contributed by atoms with Crippen LogP contribution in [0.4, 0.5) is 27.5 Å². The molecule has 4 amide bonds. The van der Waals surface area contributed by atoms with Gasteiger partial charge in [-0.1, -0.05) is 67.6 Å². The Bertz CT molecular complexity index is 2210. The molecule has 6 N–H and O–H groups in total. The first-order chi connectivity index (χ1) is 28.5. The fraction of sp³-hybridized carbons (Fsp3) is 0.340. The highest BCUT2D eigenvalue weighted by molar-refractivity contribution is 6.07. The lowest BCUT2D eigenvalue weighted by atomic mass is 10.0. The number of para-hydroxylation sites is 2. The maximum atomic E-state index is 14.6. The number of nitrogens with two attached hydrogens (primary N) is 1. The summed E-state index contributed by atoms with van der Waals surface area (Å²) in [4.78, 5) is 44.7. The third-order valence-corrected chi connectivity index (χ3v) is 10.7. The molecule has 0 saturated carbocycles. The van der Waals surface area contributed by atoms with Crippen molar-refractivity contribution < 1.29 is 29.0 Å². The fourth-order valence-corrected chi connectivity index (χ4v) is 7.33. The molecule has 12 nitrogen and oxygen atoms in total. The standard InChI is InChI=1S/C47H56N6O6/c1-31-27-53(32(2)30-54)46(56)39-26-37(49-47(57)51-41-18-11-14-35-13-5-6-15-38(35)41)23-24-43(39)59-33(3)12-9-10-25-58-44(31)29-52(4)28-34-19-21-36(22-20-34)45(55)50-42-17-8-7-16-40(42)48/h5-8,11,13-24,26,31-33,44,54H,9-10,12,25,27-30,48H2,1-4H3,(H,50,55)(H2,49,51,57)/t31-,32+,33+,44-/m0/s1. The van der Waals surface area contributed by atoms with Gasteiger partial charge in [-0.05, 0) is 99.6 Å². The van der Waals surface area contributed by atoms with Gasteiger partial charge in [-0.15, -0.1) is 0 Å². The second kappa shape index (κ2) is 20.1. The number of nitrogens with one attached hydrogen (secondary N) is 3. The summed E-state index contributed by atoms with van der Waals surface area (Å²) in [5, 5.41) is 21.0. The lowest BCUT2D eigenvalue weighted by Crippen LogP contribution is -2.47. The molecule has 5 aromatic rings. The summed E-state index contributed by atoms with van der Waals surface area (Å²) in [6.45, 7) is 7.69. The Morgan fingerprint density at radius 2 is 1.63 bits per heavy atom. The van der Waals surface area contributed by atoms with Crippen molar-refractivity contribution in [3.63, 3.8) is 0 Å². The Kier molecular flexibility index (Phi) is 14.6. The number of carbonyl (C=O) groups excluding carboxylic acids is 3. The van der Waals surface area contributed by atoms with Gasteiger partial charge in [-0.25, -0.2) is 4.79 Å². The van der Waals surface area contributed by atoms with E-state index < -0.39 is 12.1 Å². The van der Waals surface area contributed by atoms with Crippen molar-refractivity contribution in [1.29, 1.82) is 0 Å². The van der Waals surface area contributed by atoms with E-state index in [9.17, 15) is 19.5 Å². The minimum absolute atomic E-state index is 0.120. The average molecular weight is 801 g/mol. The van der Waals surface area contributed by atoms with Gasteiger partial charge < -0.3 is 41.2 Å². The number of carbonyl (C=O) groups is 3. The Balaban J connectivity index is 1.17. The molecule has 1 heterocycles. The van der Waals surface area contributed by atoms with Gasteiger partial charge in [0.15, 0.2) is 0 Å². The molecule has 0 spiro atoms. The average Bonchev–Trinajstić information content (AvgIpc) is 3.23. The number of amides is 4. The number of benzene rings is 5. The first-order valence-electron chi connectivity index (χ1n) is 20.3. The zero-order chi connectivity index (χ0) is 41.9. The maximum Gasteiger partial charge on any atom is 0.323 e. The number of anilines is 4. The number of aliphatic hydroxyl groups excluding tert-OH is 1. The number of hydrogen-bond acceptors (Lipinski definition) is 8. The summed E-state index contributed by atoms with van der Waals surface area (Å²) in [6.07, 6.45) is 2.06. The monoisotopic (exact) mass is 800 g/mol. The zero-order valence-electron chi connectivity index (χ0n) is 34.3. The SMILES string of the molecule is C[C@@H]1CCCCO[C@@H](CN(C)Cc2ccc(C(=O)Nc3ccccc3N)cc2)[C@@H](C)CN([C@H](C)CO)C(=O)c2cc(NC(=O)Nc3cccc4ccccc34)ccc2O1. The van der Waals surface area contributed by atoms with Crippen LogP contribution in [-0.4, -0.2) is 84.4 Å². The van der Waals surface area contributed by atoms with Gasteiger partial charge >= 0.3 is 6.03 Å². The van der Waals surface area contributed by atoms with Crippen LogP contribution in [0.2, 0.25) is 0 Å². The van der Waals surface area contributed by atoms with Gasteiger partial charge in [0, 0.05) is 48.8 Å². The molecule has 5 aromatic carbocycles. The minimum Gasteiger partial charge on any atom is -0.490 e. The summed E-state index contributed by atoms with van der Waals surface area (Å²) < 4.78 is 12.9. The molecule has 6 rings (SSSR count). The highest BCUT2D eigenvalue weighted by Gasteiger charge is 2.30. The van der Waals surface area contributed by atoms with Crippen molar-refractivity contribution in [3.05, 3.63) is 126 Å². The molecule has 310 valence electrons. The van der Waals surface area contributed by atoms with Crippen LogP contribution in [-0.2, 0) is 11.3 Å². The molecule has 0 aromatic heterocycles. The second-order valence-electron chi connectivity index (χ2n) is 15.6. The smallest absolute Gasteiger partial charge is 0.323 e. The van der Waals surface area contributed by atoms with Crippen molar-refractivity contribution >= 4 is 51.4 Å². The number of ether oxygens (including phenoxy) is 2. The number of nitrogen functional groups attached to an aromatic ring is 1. The normalized spacial score (nSPS) is 18.3. The van der Waals surface area contributed by atoms with E-state index >= 15 is 0 Å². The molecular weight excluding hydrogens is 745 g/mol. The van der Waals surface area contributed by atoms with Crippen molar-refractivity contribution in [2.75, 3.05) is 55.0 Å². The van der Waals surface area contributed by atoms with E-state index in [2.05, 4.69) is 27.8 Å². The van der Waals surface area contributed by atoms with Crippen LogP contribution in [0, 0.1) is 5.92 Å². The third-order valence-electron chi connectivity index (χ3n) is 10.7. The number of nitrogens with zero attached hydrogens (tertiary/aromatic N) is 2. The molecule has 59 heavy (non-hydrogen) atoms. The summed E-state index contributed by atoms with van der Waals surface area (Å²) in [5.74, 6) is -0.255. The van der Waals surface area contributed by atoms with Crippen LogP contribution in [0.1, 0.15) is 66.3 Å².